The highest BCUT2D eigenvalue weighted by Gasteiger charge is 2.12. The van der Waals surface area contributed by atoms with E-state index in [4.69, 9.17) is 0 Å². The largest absolute Gasteiger partial charge is 0.301 e. The molecule has 1 amide bonds. The molecule has 0 saturated heterocycles. The number of hydrogen-bond donors (Lipinski definition) is 1. The molecule has 122 valence electrons. The van der Waals surface area contributed by atoms with E-state index < -0.39 is 5.82 Å². The Morgan fingerprint density at radius 3 is 2.61 bits per heavy atom. The van der Waals surface area contributed by atoms with Gasteiger partial charge in [0.15, 0.2) is 5.78 Å². The van der Waals surface area contributed by atoms with Crippen molar-refractivity contribution in [2.45, 2.75) is 39.0 Å². The monoisotopic (exact) mass is 335 g/mol. The van der Waals surface area contributed by atoms with E-state index in [0.29, 0.717) is 10.7 Å². The normalized spacial score (nSPS) is 10.5. The van der Waals surface area contributed by atoms with Crippen LogP contribution >= 0.6 is 11.3 Å². The van der Waals surface area contributed by atoms with Gasteiger partial charge in [-0.15, -0.1) is 10.2 Å². The predicted molar refractivity (Wildman–Crippen MR) is 87.1 cm³/mol. The van der Waals surface area contributed by atoms with Gasteiger partial charge >= 0.3 is 0 Å². The van der Waals surface area contributed by atoms with Crippen LogP contribution in [0.3, 0.4) is 0 Å². The van der Waals surface area contributed by atoms with Crippen molar-refractivity contribution in [3.8, 4) is 0 Å². The van der Waals surface area contributed by atoms with Crippen molar-refractivity contribution in [1.29, 1.82) is 0 Å². The van der Waals surface area contributed by atoms with Crippen LogP contribution in [0.25, 0.3) is 0 Å². The summed E-state index contributed by atoms with van der Waals surface area (Å²) < 4.78 is 12.8. The number of aryl methyl sites for hydroxylation is 1. The predicted octanol–water partition coefficient (Wildman–Crippen LogP) is 3.62. The summed E-state index contributed by atoms with van der Waals surface area (Å²) in [5, 5.41) is 11.9. The third-order valence-electron chi connectivity index (χ3n) is 3.20. The standard InChI is InChI=1S/C16H18FN3O2S/c1-2-3-4-15-19-20-16(23-15)18-14(22)10-9-13(21)11-5-7-12(17)8-6-11/h5-8H,2-4,9-10H2,1H3,(H,18,20,22). The van der Waals surface area contributed by atoms with Gasteiger partial charge in [0.25, 0.3) is 0 Å². The van der Waals surface area contributed by atoms with E-state index in [1.165, 1.54) is 35.6 Å². The lowest BCUT2D eigenvalue weighted by atomic mass is 10.1. The molecule has 2 rings (SSSR count). The molecule has 1 N–H and O–H groups in total. The number of benzene rings is 1. The first kappa shape index (κ1) is 17.2. The number of Topliss-reactive ketones (excluding diaryl/α,β-unsaturated/α-hetero) is 1. The topological polar surface area (TPSA) is 72.0 Å². The van der Waals surface area contributed by atoms with Gasteiger partial charge in [-0.1, -0.05) is 24.7 Å². The van der Waals surface area contributed by atoms with Crippen LogP contribution in [0.15, 0.2) is 24.3 Å². The Kier molecular flexibility index (Phi) is 6.34. The van der Waals surface area contributed by atoms with Crippen LogP contribution in [0.2, 0.25) is 0 Å². The number of rotatable bonds is 8. The minimum absolute atomic E-state index is 0.0556. The number of anilines is 1. The molecule has 0 atom stereocenters. The van der Waals surface area contributed by atoms with Gasteiger partial charge in [0, 0.05) is 24.8 Å². The number of ketones is 1. The van der Waals surface area contributed by atoms with Crippen molar-refractivity contribution in [2.24, 2.45) is 0 Å². The van der Waals surface area contributed by atoms with E-state index in [1.807, 2.05) is 0 Å². The van der Waals surface area contributed by atoms with Gasteiger partial charge in [0.2, 0.25) is 11.0 Å². The van der Waals surface area contributed by atoms with Crippen molar-refractivity contribution in [3.63, 3.8) is 0 Å². The van der Waals surface area contributed by atoms with Crippen molar-refractivity contribution in [2.75, 3.05) is 5.32 Å². The van der Waals surface area contributed by atoms with Gasteiger partial charge in [-0.2, -0.15) is 0 Å². The average molecular weight is 335 g/mol. The Morgan fingerprint density at radius 2 is 1.91 bits per heavy atom. The Bertz CT molecular complexity index is 670. The van der Waals surface area contributed by atoms with Crippen LogP contribution in [0.1, 0.15) is 48.0 Å². The minimum Gasteiger partial charge on any atom is -0.301 e. The second kappa shape index (κ2) is 8.47. The van der Waals surface area contributed by atoms with Gasteiger partial charge in [-0.25, -0.2) is 4.39 Å². The number of carbonyl (C=O) groups is 2. The molecular formula is C16H18FN3O2S. The summed E-state index contributed by atoms with van der Waals surface area (Å²) in [4.78, 5) is 23.7. The SMILES string of the molecule is CCCCc1nnc(NC(=O)CCC(=O)c2ccc(F)cc2)s1. The third-order valence-corrected chi connectivity index (χ3v) is 4.10. The third kappa shape index (κ3) is 5.52. The first-order valence-corrected chi connectivity index (χ1v) is 8.31. The molecule has 7 heteroatoms. The van der Waals surface area contributed by atoms with Gasteiger partial charge in [-0.05, 0) is 30.7 Å². The Morgan fingerprint density at radius 1 is 1.17 bits per heavy atom. The molecule has 5 nitrogen and oxygen atoms in total. The lowest BCUT2D eigenvalue weighted by molar-refractivity contribution is -0.116. The molecule has 0 unspecified atom stereocenters. The molecule has 0 radical (unpaired) electrons. The van der Waals surface area contributed by atoms with Crippen molar-refractivity contribution < 1.29 is 14.0 Å². The van der Waals surface area contributed by atoms with Gasteiger partial charge in [-0.3, -0.25) is 9.59 Å². The molecule has 23 heavy (non-hydrogen) atoms. The first-order valence-electron chi connectivity index (χ1n) is 7.49. The summed E-state index contributed by atoms with van der Waals surface area (Å²) in [7, 11) is 0. The number of unbranched alkanes of at least 4 members (excludes halogenated alkanes) is 1. The second-order valence-electron chi connectivity index (χ2n) is 5.08. The van der Waals surface area contributed by atoms with E-state index in [0.717, 1.165) is 24.3 Å². The number of nitrogens with zero attached hydrogens (tertiary/aromatic N) is 2. The number of aromatic nitrogens is 2. The fourth-order valence-corrected chi connectivity index (χ4v) is 2.72. The molecule has 0 saturated carbocycles. The van der Waals surface area contributed by atoms with E-state index in [2.05, 4.69) is 22.4 Å². The number of nitrogens with one attached hydrogen (secondary N) is 1. The van der Waals surface area contributed by atoms with Crippen LogP contribution in [0.4, 0.5) is 9.52 Å². The maximum Gasteiger partial charge on any atom is 0.226 e. The number of hydrogen-bond acceptors (Lipinski definition) is 5. The van der Waals surface area contributed by atoms with Crippen LogP contribution in [-0.2, 0) is 11.2 Å². The molecule has 1 heterocycles. The van der Waals surface area contributed by atoms with E-state index in [9.17, 15) is 14.0 Å². The quantitative estimate of drug-likeness (QED) is 0.748. The zero-order chi connectivity index (χ0) is 16.7. The zero-order valence-electron chi connectivity index (χ0n) is 12.8. The Labute approximate surface area is 137 Å². The van der Waals surface area contributed by atoms with E-state index in [-0.39, 0.29) is 24.5 Å². The highest BCUT2D eigenvalue weighted by Crippen LogP contribution is 2.17. The summed E-state index contributed by atoms with van der Waals surface area (Å²) in [6.45, 7) is 2.10. The average Bonchev–Trinajstić information content (AvgIpc) is 2.98. The van der Waals surface area contributed by atoms with E-state index >= 15 is 0 Å². The molecule has 0 fully saturated rings. The molecule has 0 spiro atoms. The summed E-state index contributed by atoms with van der Waals surface area (Å²) >= 11 is 1.35. The van der Waals surface area contributed by atoms with Crippen molar-refractivity contribution >= 4 is 28.2 Å². The molecule has 0 aliphatic carbocycles. The maximum atomic E-state index is 12.8. The van der Waals surface area contributed by atoms with Gasteiger partial charge in [0.05, 0.1) is 0 Å². The molecule has 0 aliphatic heterocycles. The summed E-state index contributed by atoms with van der Waals surface area (Å²) in [5.74, 6) is -0.867. The maximum absolute atomic E-state index is 12.8. The van der Waals surface area contributed by atoms with Crippen molar-refractivity contribution in [3.05, 3.63) is 40.7 Å². The highest BCUT2D eigenvalue weighted by molar-refractivity contribution is 7.15. The number of halogens is 1. The minimum atomic E-state index is -0.394. The van der Waals surface area contributed by atoms with Crippen LogP contribution in [-0.4, -0.2) is 21.9 Å². The fraction of sp³-hybridized carbons (Fsp3) is 0.375. The summed E-state index contributed by atoms with van der Waals surface area (Å²) in [6, 6.07) is 5.29. The second-order valence-corrected chi connectivity index (χ2v) is 6.14. The Balaban J connectivity index is 1.79. The molecule has 2 aromatic rings. The number of carbonyl (C=O) groups excluding carboxylic acids is 2. The lowest BCUT2D eigenvalue weighted by Crippen LogP contribution is -2.13. The summed E-state index contributed by atoms with van der Waals surface area (Å²) in [6.07, 6.45) is 3.09. The van der Waals surface area contributed by atoms with Gasteiger partial charge < -0.3 is 5.32 Å². The van der Waals surface area contributed by atoms with Gasteiger partial charge in [0.1, 0.15) is 10.8 Å². The van der Waals surface area contributed by atoms with E-state index in [1.54, 1.807) is 0 Å². The van der Waals surface area contributed by atoms with Crippen molar-refractivity contribution in [1.82, 2.24) is 10.2 Å². The molecule has 0 aliphatic rings. The molecule has 1 aromatic carbocycles. The first-order chi connectivity index (χ1) is 11.1. The van der Waals surface area contributed by atoms with Crippen LogP contribution in [0, 0.1) is 5.82 Å². The highest BCUT2D eigenvalue weighted by atomic mass is 32.1. The van der Waals surface area contributed by atoms with Crippen LogP contribution in [0.5, 0.6) is 0 Å². The molecule has 0 bridgehead atoms. The smallest absolute Gasteiger partial charge is 0.226 e. The zero-order valence-corrected chi connectivity index (χ0v) is 13.7. The summed E-state index contributed by atoms with van der Waals surface area (Å²) in [5.41, 5.74) is 0.400. The molecule has 1 aromatic heterocycles. The van der Waals surface area contributed by atoms with Crippen LogP contribution < -0.4 is 5.32 Å². The number of amides is 1. The lowest BCUT2D eigenvalue weighted by Gasteiger charge is -2.02. The Hall–Kier alpha value is -2.15. The fourth-order valence-electron chi connectivity index (χ4n) is 1.92. The molecular weight excluding hydrogens is 317 g/mol.